The van der Waals surface area contributed by atoms with Crippen molar-refractivity contribution >= 4 is 80.0 Å². The van der Waals surface area contributed by atoms with Crippen LogP contribution in [-0.4, -0.2) is 4.57 Å². The number of aromatic nitrogens is 1. The topological polar surface area (TPSA) is 52.5 Å². The monoisotopic (exact) mass is 583 g/mol. The van der Waals surface area contributed by atoms with Crippen LogP contribution in [0.15, 0.2) is 97.1 Å². The summed E-state index contributed by atoms with van der Waals surface area (Å²) in [5.74, 6) is 0. The van der Waals surface area contributed by atoms with Crippen molar-refractivity contribution in [3.8, 4) is 29.0 Å². The molecule has 0 atom stereocenters. The van der Waals surface area contributed by atoms with E-state index in [1.54, 1.807) is 22.7 Å². The molecule has 0 N–H and O–H groups in total. The molecule has 8 aromatic rings. The fourth-order valence-corrected chi connectivity index (χ4v) is 9.06. The quantitative estimate of drug-likeness (QED) is 0.203. The van der Waals surface area contributed by atoms with Crippen LogP contribution >= 0.6 is 22.7 Å². The van der Waals surface area contributed by atoms with Crippen LogP contribution in [0.5, 0.6) is 0 Å². The standard InChI is InChI=1S/C38H21N3S2/c39-20-22-12-14-34-27(16-22)29-18-37-30(19-36(29)42-34)28-17-23(13-15-35(28)43-37)38-24(21-40)6-5-11-33(38)41-31-9-3-1-7-25(31)26-8-2-4-10-32(26)41/h1-3,5-9,11-19H,4,10H2. The lowest BCUT2D eigenvalue weighted by molar-refractivity contribution is 0.889. The lowest BCUT2D eigenvalue weighted by Crippen LogP contribution is -2.05. The van der Waals surface area contributed by atoms with Crippen molar-refractivity contribution < 1.29 is 0 Å². The minimum Gasteiger partial charge on any atom is -0.312 e. The molecule has 1 aliphatic carbocycles. The molecule has 0 fully saturated rings. The minimum atomic E-state index is 0.675. The second kappa shape index (κ2) is 9.15. The first kappa shape index (κ1) is 24.4. The third-order valence-corrected chi connectivity index (χ3v) is 11.0. The van der Waals surface area contributed by atoms with Gasteiger partial charge in [-0.2, -0.15) is 10.5 Å². The molecule has 3 aromatic heterocycles. The molecule has 0 aliphatic heterocycles. The number of hydrogen-bond donors (Lipinski definition) is 0. The highest BCUT2D eigenvalue weighted by Gasteiger charge is 2.22. The fourth-order valence-electron chi connectivity index (χ4n) is 6.84. The molecule has 5 aromatic carbocycles. The van der Waals surface area contributed by atoms with Crippen LogP contribution in [0.25, 0.3) is 74.1 Å². The van der Waals surface area contributed by atoms with Gasteiger partial charge in [0.2, 0.25) is 0 Å². The van der Waals surface area contributed by atoms with Gasteiger partial charge in [-0.3, -0.25) is 0 Å². The summed E-state index contributed by atoms with van der Waals surface area (Å²) in [6, 6.07) is 36.7. The molecule has 0 amide bonds. The second-order valence-electron chi connectivity index (χ2n) is 11.0. The van der Waals surface area contributed by atoms with Crippen LogP contribution in [0, 0.1) is 22.7 Å². The summed E-state index contributed by atoms with van der Waals surface area (Å²) >= 11 is 3.57. The third-order valence-electron chi connectivity index (χ3n) is 8.73. The molecule has 3 nitrogen and oxygen atoms in total. The molecule has 0 radical (unpaired) electrons. The molecule has 200 valence electrons. The second-order valence-corrected chi connectivity index (χ2v) is 13.2. The van der Waals surface area contributed by atoms with Crippen molar-refractivity contribution in [2.24, 2.45) is 0 Å². The Kier molecular flexibility index (Phi) is 5.19. The number of hydrogen-bond acceptors (Lipinski definition) is 4. The van der Waals surface area contributed by atoms with Crippen molar-refractivity contribution in [3.05, 3.63) is 119 Å². The Labute approximate surface area is 255 Å². The Morgan fingerprint density at radius 1 is 0.651 bits per heavy atom. The van der Waals surface area contributed by atoms with Crippen LogP contribution in [0.3, 0.4) is 0 Å². The molecule has 0 saturated carbocycles. The van der Waals surface area contributed by atoms with Crippen molar-refractivity contribution in [1.82, 2.24) is 4.57 Å². The molecule has 1 aliphatic rings. The molecule has 0 spiro atoms. The Hall–Kier alpha value is -5.20. The zero-order chi connectivity index (χ0) is 28.7. The predicted molar refractivity (Wildman–Crippen MR) is 181 cm³/mol. The van der Waals surface area contributed by atoms with Crippen molar-refractivity contribution in [2.45, 2.75) is 12.8 Å². The third kappa shape index (κ3) is 3.50. The van der Waals surface area contributed by atoms with Gasteiger partial charge >= 0.3 is 0 Å². The summed E-state index contributed by atoms with van der Waals surface area (Å²) < 4.78 is 7.26. The maximum atomic E-state index is 10.3. The van der Waals surface area contributed by atoms with Gasteiger partial charge < -0.3 is 4.57 Å². The Morgan fingerprint density at radius 3 is 2.19 bits per heavy atom. The molecule has 3 heterocycles. The highest BCUT2D eigenvalue weighted by atomic mass is 32.1. The van der Waals surface area contributed by atoms with E-state index in [-0.39, 0.29) is 0 Å². The van der Waals surface area contributed by atoms with E-state index >= 15 is 0 Å². The lowest BCUT2D eigenvalue weighted by atomic mass is 9.96. The number of nitrogens with zero attached hydrogens (tertiary/aromatic N) is 3. The van der Waals surface area contributed by atoms with Crippen LogP contribution < -0.4 is 0 Å². The predicted octanol–water partition coefficient (Wildman–Crippen LogP) is 10.7. The van der Waals surface area contributed by atoms with E-state index in [4.69, 9.17) is 0 Å². The summed E-state index contributed by atoms with van der Waals surface area (Å²) in [6.45, 7) is 0. The van der Waals surface area contributed by atoms with E-state index < -0.39 is 0 Å². The molecule has 5 heteroatoms. The molecule has 9 rings (SSSR count). The fraction of sp³-hybridized carbons (Fsp3) is 0.0526. The summed E-state index contributed by atoms with van der Waals surface area (Å²) in [6.07, 6.45) is 6.49. The van der Waals surface area contributed by atoms with Gasteiger partial charge in [0.1, 0.15) is 0 Å². The van der Waals surface area contributed by atoms with Gasteiger partial charge in [-0.15, -0.1) is 22.7 Å². The van der Waals surface area contributed by atoms with Gasteiger partial charge in [-0.1, -0.05) is 42.5 Å². The van der Waals surface area contributed by atoms with E-state index in [0.717, 1.165) is 35.0 Å². The SMILES string of the molecule is N#Cc1ccc2sc3cc4c(cc3c2c1)sc1ccc(-c2c(C#N)cccc2-n2c3c(c5ccccc52)C=CCC3)cc14. The highest BCUT2D eigenvalue weighted by Crippen LogP contribution is 2.44. The number of thiophene rings is 2. The van der Waals surface area contributed by atoms with E-state index in [1.807, 2.05) is 24.3 Å². The van der Waals surface area contributed by atoms with Crippen LogP contribution in [0.1, 0.15) is 28.8 Å². The first-order valence-electron chi connectivity index (χ1n) is 14.3. The van der Waals surface area contributed by atoms with E-state index in [0.29, 0.717) is 11.1 Å². The normalized spacial score (nSPS) is 12.8. The molecule has 0 saturated heterocycles. The maximum absolute atomic E-state index is 10.3. The molecular formula is C38H21N3S2. The van der Waals surface area contributed by atoms with Crippen molar-refractivity contribution in [3.63, 3.8) is 0 Å². The first-order chi connectivity index (χ1) is 21.2. The number of nitriles is 2. The minimum absolute atomic E-state index is 0.675. The highest BCUT2D eigenvalue weighted by molar-refractivity contribution is 7.27. The Morgan fingerprint density at radius 2 is 1.40 bits per heavy atom. The van der Waals surface area contributed by atoms with Gasteiger partial charge in [0.05, 0.1) is 34.5 Å². The van der Waals surface area contributed by atoms with Gasteiger partial charge in [0.25, 0.3) is 0 Å². The average Bonchev–Trinajstić information content (AvgIpc) is 3.71. The van der Waals surface area contributed by atoms with E-state index in [1.165, 1.54) is 57.1 Å². The summed E-state index contributed by atoms with van der Waals surface area (Å²) in [5.41, 5.74) is 8.18. The zero-order valence-corrected chi connectivity index (χ0v) is 24.5. The Balaban J connectivity index is 1.31. The van der Waals surface area contributed by atoms with Crippen LogP contribution in [-0.2, 0) is 6.42 Å². The van der Waals surface area contributed by atoms with Gasteiger partial charge in [-0.25, -0.2) is 0 Å². The Bertz CT molecular complexity index is 2590. The number of para-hydroxylation sites is 1. The van der Waals surface area contributed by atoms with Crippen molar-refractivity contribution in [2.75, 3.05) is 0 Å². The van der Waals surface area contributed by atoms with E-state index in [9.17, 15) is 10.5 Å². The van der Waals surface area contributed by atoms with Gasteiger partial charge in [-0.05, 0) is 79.1 Å². The van der Waals surface area contributed by atoms with Gasteiger partial charge in [0, 0.05) is 62.6 Å². The number of fused-ring (bicyclic) bond motifs is 9. The smallest absolute Gasteiger partial charge is 0.0998 e. The van der Waals surface area contributed by atoms with Crippen LogP contribution in [0.4, 0.5) is 0 Å². The maximum Gasteiger partial charge on any atom is 0.0998 e. The van der Waals surface area contributed by atoms with E-state index in [2.05, 4.69) is 95.6 Å². The average molecular weight is 584 g/mol. The van der Waals surface area contributed by atoms with Crippen molar-refractivity contribution in [1.29, 1.82) is 10.5 Å². The number of allylic oxidation sites excluding steroid dienone is 1. The zero-order valence-electron chi connectivity index (χ0n) is 22.9. The summed E-state index contributed by atoms with van der Waals surface area (Å²) in [7, 11) is 0. The molecule has 0 unspecified atom stereocenters. The largest absolute Gasteiger partial charge is 0.312 e. The first-order valence-corrected chi connectivity index (χ1v) is 15.9. The summed E-state index contributed by atoms with van der Waals surface area (Å²) in [4.78, 5) is 0. The molecular weight excluding hydrogens is 563 g/mol. The number of benzene rings is 5. The lowest BCUT2D eigenvalue weighted by Gasteiger charge is -2.18. The van der Waals surface area contributed by atoms with Crippen LogP contribution in [0.2, 0.25) is 0 Å². The summed E-state index contributed by atoms with van der Waals surface area (Å²) in [5, 5.41) is 25.8. The molecule has 43 heavy (non-hydrogen) atoms. The van der Waals surface area contributed by atoms with Gasteiger partial charge in [0.15, 0.2) is 0 Å². The number of rotatable bonds is 2. The molecule has 0 bridgehead atoms.